The van der Waals surface area contributed by atoms with Crippen LogP contribution in [0.1, 0.15) is 17.0 Å². The summed E-state index contributed by atoms with van der Waals surface area (Å²) < 4.78 is 5.67. The molecule has 1 heterocycles. The molecule has 1 aliphatic carbocycles. The minimum absolute atomic E-state index is 0.374. The quantitative estimate of drug-likeness (QED) is 0.794. The van der Waals surface area contributed by atoms with E-state index in [9.17, 15) is 0 Å². The van der Waals surface area contributed by atoms with Crippen molar-refractivity contribution < 1.29 is 4.74 Å². The van der Waals surface area contributed by atoms with Crippen molar-refractivity contribution in [1.29, 1.82) is 0 Å². The Balaban J connectivity index is 1.59. The van der Waals surface area contributed by atoms with Gasteiger partial charge in [-0.05, 0) is 17.5 Å². The van der Waals surface area contributed by atoms with E-state index in [1.165, 1.54) is 13.0 Å². The molecule has 2 aliphatic rings. The van der Waals surface area contributed by atoms with Gasteiger partial charge >= 0.3 is 0 Å². The third-order valence-electron chi connectivity index (χ3n) is 3.83. The van der Waals surface area contributed by atoms with Gasteiger partial charge in [-0.1, -0.05) is 40.2 Å². The van der Waals surface area contributed by atoms with E-state index in [-0.39, 0.29) is 0 Å². The van der Waals surface area contributed by atoms with E-state index in [1.54, 1.807) is 11.1 Å². The summed E-state index contributed by atoms with van der Waals surface area (Å²) in [6, 6.07) is 8.84. The predicted molar refractivity (Wildman–Crippen MR) is 72.9 cm³/mol. The lowest BCUT2D eigenvalue weighted by Crippen LogP contribution is -2.45. The Morgan fingerprint density at radius 1 is 1.35 bits per heavy atom. The van der Waals surface area contributed by atoms with E-state index in [4.69, 9.17) is 4.74 Å². The van der Waals surface area contributed by atoms with E-state index in [2.05, 4.69) is 45.1 Å². The van der Waals surface area contributed by atoms with Gasteiger partial charge in [0.2, 0.25) is 0 Å². The molecule has 1 fully saturated rings. The van der Waals surface area contributed by atoms with E-state index in [0.29, 0.717) is 6.10 Å². The molecule has 0 aromatic heterocycles. The summed E-state index contributed by atoms with van der Waals surface area (Å²) in [6.07, 6.45) is 1.63. The number of hydrogen-bond donors (Lipinski definition) is 0. The Kier molecular flexibility index (Phi) is 3.50. The van der Waals surface area contributed by atoms with Crippen LogP contribution in [0.5, 0.6) is 0 Å². The van der Waals surface area contributed by atoms with Gasteiger partial charge in [-0.2, -0.15) is 0 Å². The number of morpholine rings is 1. The summed E-state index contributed by atoms with van der Waals surface area (Å²) in [5.41, 5.74) is 3.11. The summed E-state index contributed by atoms with van der Waals surface area (Å²) in [7, 11) is 0. The Bertz CT molecular complexity index is 396. The Morgan fingerprint density at radius 3 is 3.06 bits per heavy atom. The fourth-order valence-electron chi connectivity index (χ4n) is 2.88. The molecule has 0 radical (unpaired) electrons. The number of rotatable bonds is 3. The molecule has 1 aromatic carbocycles. The van der Waals surface area contributed by atoms with E-state index >= 15 is 0 Å². The summed E-state index contributed by atoms with van der Waals surface area (Å²) in [5, 5.41) is 0.949. The summed E-state index contributed by atoms with van der Waals surface area (Å²) in [5.74, 6) is 0.750. The highest BCUT2D eigenvalue weighted by Crippen LogP contribution is 2.35. The van der Waals surface area contributed by atoms with Gasteiger partial charge in [0, 0.05) is 30.9 Å². The smallest absolute Gasteiger partial charge is 0.0799 e. The molecule has 17 heavy (non-hydrogen) atoms. The molecule has 92 valence electrons. The monoisotopic (exact) mass is 295 g/mol. The molecule has 0 spiro atoms. The largest absolute Gasteiger partial charge is 0.375 e. The van der Waals surface area contributed by atoms with Crippen molar-refractivity contribution in [1.82, 2.24) is 4.90 Å². The topological polar surface area (TPSA) is 12.5 Å². The number of hydrogen-bond acceptors (Lipinski definition) is 2. The van der Waals surface area contributed by atoms with Gasteiger partial charge in [-0.15, -0.1) is 0 Å². The van der Waals surface area contributed by atoms with E-state index in [0.717, 1.165) is 30.9 Å². The van der Waals surface area contributed by atoms with Gasteiger partial charge in [0.25, 0.3) is 0 Å². The van der Waals surface area contributed by atoms with Crippen molar-refractivity contribution >= 4 is 15.9 Å². The Hall–Kier alpha value is -0.380. The van der Waals surface area contributed by atoms with Crippen molar-refractivity contribution in [2.24, 2.45) is 0 Å². The SMILES string of the molecule is BrCC1CN(CC2Cc3ccccc32)CCO1. The number of ether oxygens (including phenoxy) is 1. The highest BCUT2D eigenvalue weighted by molar-refractivity contribution is 9.09. The van der Waals surface area contributed by atoms with Gasteiger partial charge in [0.15, 0.2) is 0 Å². The van der Waals surface area contributed by atoms with Crippen molar-refractivity contribution in [3.63, 3.8) is 0 Å². The molecule has 3 heteroatoms. The molecule has 2 unspecified atom stereocenters. The van der Waals surface area contributed by atoms with Crippen molar-refractivity contribution in [3.05, 3.63) is 35.4 Å². The molecular formula is C14H18BrNO. The molecule has 1 saturated heterocycles. The lowest BCUT2D eigenvalue weighted by atomic mass is 9.77. The lowest BCUT2D eigenvalue weighted by molar-refractivity contribution is -0.0177. The number of nitrogens with zero attached hydrogens (tertiary/aromatic N) is 1. The molecule has 2 atom stereocenters. The third-order valence-corrected chi connectivity index (χ3v) is 4.56. The van der Waals surface area contributed by atoms with Crippen LogP contribution in [-0.2, 0) is 11.2 Å². The van der Waals surface area contributed by atoms with Gasteiger partial charge < -0.3 is 4.74 Å². The van der Waals surface area contributed by atoms with Gasteiger partial charge in [0.05, 0.1) is 12.7 Å². The maximum atomic E-state index is 5.67. The van der Waals surface area contributed by atoms with Crippen LogP contribution >= 0.6 is 15.9 Å². The number of alkyl halides is 1. The molecule has 0 N–H and O–H groups in total. The van der Waals surface area contributed by atoms with Gasteiger partial charge in [-0.25, -0.2) is 0 Å². The molecule has 0 bridgehead atoms. The zero-order valence-electron chi connectivity index (χ0n) is 9.94. The second-order valence-corrected chi connectivity index (χ2v) is 5.65. The van der Waals surface area contributed by atoms with Crippen LogP contribution in [0.4, 0.5) is 0 Å². The van der Waals surface area contributed by atoms with Crippen LogP contribution in [0.2, 0.25) is 0 Å². The molecule has 0 saturated carbocycles. The second kappa shape index (κ2) is 5.09. The van der Waals surface area contributed by atoms with Gasteiger partial charge in [0.1, 0.15) is 0 Å². The van der Waals surface area contributed by atoms with Crippen molar-refractivity contribution in [2.75, 3.05) is 31.6 Å². The predicted octanol–water partition coefficient (Wildman–Crippen LogP) is 2.42. The zero-order chi connectivity index (χ0) is 11.7. The van der Waals surface area contributed by atoms with Crippen LogP contribution in [0, 0.1) is 0 Å². The first-order valence-corrected chi connectivity index (χ1v) is 7.46. The number of halogens is 1. The van der Waals surface area contributed by atoms with Crippen LogP contribution in [-0.4, -0.2) is 42.6 Å². The molecule has 1 aliphatic heterocycles. The normalized spacial score (nSPS) is 28.5. The lowest BCUT2D eigenvalue weighted by Gasteiger charge is -2.38. The number of fused-ring (bicyclic) bond motifs is 1. The number of benzene rings is 1. The molecule has 1 aromatic rings. The average Bonchev–Trinajstić information content (AvgIpc) is 2.36. The Labute approximate surface area is 111 Å². The second-order valence-electron chi connectivity index (χ2n) is 5.01. The first-order valence-electron chi connectivity index (χ1n) is 6.34. The van der Waals surface area contributed by atoms with Crippen molar-refractivity contribution in [3.8, 4) is 0 Å². The van der Waals surface area contributed by atoms with E-state index < -0.39 is 0 Å². The fourth-order valence-corrected chi connectivity index (χ4v) is 3.27. The minimum Gasteiger partial charge on any atom is -0.375 e. The Morgan fingerprint density at radius 2 is 2.24 bits per heavy atom. The third kappa shape index (κ3) is 2.42. The standard InChI is InChI=1S/C14H18BrNO/c15-8-13-10-16(5-6-17-13)9-12-7-11-3-1-2-4-14(11)12/h1-4,12-13H,5-10H2. The molecule has 0 amide bonds. The maximum absolute atomic E-state index is 5.67. The summed E-state index contributed by atoms with van der Waals surface area (Å²) >= 11 is 3.51. The average molecular weight is 296 g/mol. The van der Waals surface area contributed by atoms with Crippen LogP contribution < -0.4 is 0 Å². The highest BCUT2D eigenvalue weighted by Gasteiger charge is 2.29. The fraction of sp³-hybridized carbons (Fsp3) is 0.571. The van der Waals surface area contributed by atoms with Crippen LogP contribution in [0.3, 0.4) is 0 Å². The van der Waals surface area contributed by atoms with Crippen LogP contribution in [0.25, 0.3) is 0 Å². The first kappa shape index (κ1) is 11.7. The minimum atomic E-state index is 0.374. The highest BCUT2D eigenvalue weighted by atomic mass is 79.9. The van der Waals surface area contributed by atoms with E-state index in [1.807, 2.05) is 0 Å². The molecule has 3 rings (SSSR count). The maximum Gasteiger partial charge on any atom is 0.0799 e. The zero-order valence-corrected chi connectivity index (χ0v) is 11.5. The van der Waals surface area contributed by atoms with Crippen LogP contribution in [0.15, 0.2) is 24.3 Å². The summed E-state index contributed by atoms with van der Waals surface area (Å²) in [6.45, 7) is 4.24. The van der Waals surface area contributed by atoms with Gasteiger partial charge in [-0.3, -0.25) is 4.90 Å². The summed E-state index contributed by atoms with van der Waals surface area (Å²) in [4.78, 5) is 2.55. The first-order chi connectivity index (χ1) is 8.36. The molecular weight excluding hydrogens is 278 g/mol. The van der Waals surface area contributed by atoms with Crippen molar-refractivity contribution in [2.45, 2.75) is 18.4 Å². The molecule has 2 nitrogen and oxygen atoms in total.